The van der Waals surface area contributed by atoms with E-state index in [0.29, 0.717) is 44.2 Å². The zero-order valence-electron chi connectivity index (χ0n) is 16.5. The number of piperazine rings is 1. The zero-order valence-corrected chi connectivity index (χ0v) is 17.3. The van der Waals surface area contributed by atoms with Gasteiger partial charge in [0.15, 0.2) is 11.9 Å². The Labute approximate surface area is 161 Å². The summed E-state index contributed by atoms with van der Waals surface area (Å²) in [5.74, 6) is 0.903. The third-order valence-corrected chi connectivity index (χ3v) is 6.36. The summed E-state index contributed by atoms with van der Waals surface area (Å²) < 4.78 is 32.5. The van der Waals surface area contributed by atoms with E-state index >= 15 is 0 Å². The van der Waals surface area contributed by atoms with Gasteiger partial charge in [-0.1, -0.05) is 13.3 Å². The zero-order chi connectivity index (χ0) is 20.0. The summed E-state index contributed by atoms with van der Waals surface area (Å²) >= 11 is 0. The summed E-state index contributed by atoms with van der Waals surface area (Å²) in [5, 5.41) is 0. The fourth-order valence-electron chi connectivity index (χ4n) is 2.74. The molecule has 2 rings (SSSR count). The second-order valence-corrected chi connectivity index (χ2v) is 8.83. The molecular formula is C17H29N5O4S. The molecule has 0 saturated carbocycles. The lowest BCUT2D eigenvalue weighted by Crippen LogP contribution is -2.51. The Morgan fingerprint density at radius 2 is 1.96 bits per heavy atom. The predicted octanol–water partition coefficient (Wildman–Crippen LogP) is 1.20. The first-order valence-electron chi connectivity index (χ1n) is 9.20. The molecule has 0 bridgehead atoms. The Balaban J connectivity index is 1.99. The number of carbonyl (C=O) groups is 1. The highest BCUT2D eigenvalue weighted by atomic mass is 32.2. The lowest BCUT2D eigenvalue weighted by Gasteiger charge is -2.35. The molecule has 152 valence electrons. The van der Waals surface area contributed by atoms with Crippen molar-refractivity contribution in [2.45, 2.75) is 39.2 Å². The predicted molar refractivity (Wildman–Crippen MR) is 102 cm³/mol. The maximum atomic E-state index is 12.2. The summed E-state index contributed by atoms with van der Waals surface area (Å²) in [7, 11) is -0.340. The number of carbonyl (C=O) groups excluding carboxylic acids is 1. The summed E-state index contributed by atoms with van der Waals surface area (Å²) in [6.45, 7) is 5.63. The topological polar surface area (TPSA) is 95.9 Å². The van der Waals surface area contributed by atoms with Crippen molar-refractivity contribution in [3.8, 4) is 0 Å². The van der Waals surface area contributed by atoms with Crippen LogP contribution in [-0.2, 0) is 19.7 Å². The van der Waals surface area contributed by atoms with Gasteiger partial charge in [-0.15, -0.1) is 0 Å². The minimum Gasteiger partial charge on any atom is -0.454 e. The second-order valence-electron chi connectivity index (χ2n) is 6.68. The lowest BCUT2D eigenvalue weighted by molar-refractivity contribution is -0.149. The van der Waals surface area contributed by atoms with Crippen LogP contribution < -0.4 is 4.90 Å². The maximum absolute atomic E-state index is 12.2. The molecule has 0 spiro atoms. The minimum atomic E-state index is -3.40. The second kappa shape index (κ2) is 9.43. The molecule has 9 nitrogen and oxygen atoms in total. The van der Waals surface area contributed by atoms with Crippen LogP contribution in [0.15, 0.2) is 12.3 Å². The molecule has 0 amide bonds. The van der Waals surface area contributed by atoms with Gasteiger partial charge >= 0.3 is 5.97 Å². The van der Waals surface area contributed by atoms with Crippen LogP contribution in [0.4, 0.5) is 5.82 Å². The molecule has 1 atom stereocenters. The standard InChI is InChI=1S/C17H29N5O4S/c1-5-6-7-16(23)26-14(2)17-18-9-8-15(19-17)21-10-12-22(13-11-21)27(24,25)20(3)4/h8-9,14H,5-7,10-13H2,1-4H3/t14-/m1/s1. The van der Waals surface area contributed by atoms with Gasteiger partial charge in [0.2, 0.25) is 0 Å². The molecule has 10 heteroatoms. The van der Waals surface area contributed by atoms with Crippen molar-refractivity contribution in [1.82, 2.24) is 18.6 Å². The van der Waals surface area contributed by atoms with Crippen molar-refractivity contribution >= 4 is 22.0 Å². The number of hydrogen-bond acceptors (Lipinski definition) is 7. The number of unbranched alkanes of at least 4 members (excludes halogenated alkanes) is 1. The van der Waals surface area contributed by atoms with Crippen LogP contribution in [0.5, 0.6) is 0 Å². The van der Waals surface area contributed by atoms with Gasteiger partial charge in [0.1, 0.15) is 5.82 Å². The van der Waals surface area contributed by atoms with Crippen LogP contribution in [0.25, 0.3) is 0 Å². The molecule has 1 saturated heterocycles. The summed E-state index contributed by atoms with van der Waals surface area (Å²) in [6, 6.07) is 1.78. The molecule has 1 aliphatic heterocycles. The third kappa shape index (κ3) is 5.60. The summed E-state index contributed by atoms with van der Waals surface area (Å²) in [4.78, 5) is 22.5. The van der Waals surface area contributed by atoms with Crippen molar-refractivity contribution in [3.05, 3.63) is 18.1 Å². The monoisotopic (exact) mass is 399 g/mol. The van der Waals surface area contributed by atoms with E-state index in [-0.39, 0.29) is 5.97 Å². The molecule has 0 N–H and O–H groups in total. The molecule has 1 fully saturated rings. The smallest absolute Gasteiger partial charge is 0.306 e. The van der Waals surface area contributed by atoms with Crippen molar-refractivity contribution < 1.29 is 17.9 Å². The van der Waals surface area contributed by atoms with Gasteiger partial charge in [-0.2, -0.15) is 17.0 Å². The first kappa shape index (κ1) is 21.5. The SMILES string of the molecule is CCCCC(=O)O[C@H](C)c1nccc(N2CCN(S(=O)(=O)N(C)C)CC2)n1. The minimum absolute atomic E-state index is 0.249. The van der Waals surface area contributed by atoms with E-state index in [1.54, 1.807) is 19.2 Å². The summed E-state index contributed by atoms with van der Waals surface area (Å²) in [5.41, 5.74) is 0. The van der Waals surface area contributed by atoms with Crippen LogP contribution in [0.1, 0.15) is 45.0 Å². The molecule has 0 unspecified atom stereocenters. The van der Waals surface area contributed by atoms with Crippen molar-refractivity contribution in [3.63, 3.8) is 0 Å². The number of ether oxygens (including phenoxy) is 1. The fraction of sp³-hybridized carbons (Fsp3) is 0.706. The van der Waals surface area contributed by atoms with E-state index < -0.39 is 16.3 Å². The Morgan fingerprint density at radius 3 is 2.56 bits per heavy atom. The van der Waals surface area contributed by atoms with E-state index in [1.165, 1.54) is 22.7 Å². The van der Waals surface area contributed by atoms with Crippen molar-refractivity contribution in [2.24, 2.45) is 0 Å². The van der Waals surface area contributed by atoms with Crippen LogP contribution in [0.2, 0.25) is 0 Å². The number of esters is 1. The Hall–Kier alpha value is -1.78. The van der Waals surface area contributed by atoms with E-state index in [2.05, 4.69) is 9.97 Å². The number of aromatic nitrogens is 2. The highest BCUT2D eigenvalue weighted by Crippen LogP contribution is 2.19. The van der Waals surface area contributed by atoms with Gasteiger partial charge in [0.05, 0.1) is 0 Å². The molecule has 1 aromatic heterocycles. The Kier molecular flexibility index (Phi) is 7.51. The number of anilines is 1. The largest absolute Gasteiger partial charge is 0.454 e. The first-order valence-corrected chi connectivity index (χ1v) is 10.6. The lowest BCUT2D eigenvalue weighted by atomic mass is 10.2. The van der Waals surface area contributed by atoms with Gasteiger partial charge in [-0.25, -0.2) is 9.97 Å². The fourth-order valence-corrected chi connectivity index (χ4v) is 3.83. The molecule has 27 heavy (non-hydrogen) atoms. The quantitative estimate of drug-likeness (QED) is 0.606. The average Bonchev–Trinajstić information content (AvgIpc) is 2.66. The van der Waals surface area contributed by atoms with E-state index in [0.717, 1.165) is 12.8 Å². The van der Waals surface area contributed by atoms with E-state index in [9.17, 15) is 13.2 Å². The molecule has 1 aromatic rings. The van der Waals surface area contributed by atoms with E-state index in [1.807, 2.05) is 11.8 Å². The molecule has 0 aliphatic carbocycles. The van der Waals surface area contributed by atoms with Crippen LogP contribution in [0.3, 0.4) is 0 Å². The number of rotatable bonds is 8. The normalized spacial score (nSPS) is 17.1. The molecule has 2 heterocycles. The Morgan fingerprint density at radius 1 is 1.30 bits per heavy atom. The van der Waals surface area contributed by atoms with Gasteiger partial charge in [-0.3, -0.25) is 4.79 Å². The van der Waals surface area contributed by atoms with Crippen LogP contribution in [0, 0.1) is 0 Å². The third-order valence-electron chi connectivity index (χ3n) is 4.42. The Bertz CT molecular complexity index is 733. The van der Waals surface area contributed by atoms with Crippen LogP contribution in [-0.4, -0.2) is 73.2 Å². The maximum Gasteiger partial charge on any atom is 0.306 e. The van der Waals surface area contributed by atoms with Gasteiger partial charge in [0.25, 0.3) is 10.2 Å². The van der Waals surface area contributed by atoms with Crippen LogP contribution >= 0.6 is 0 Å². The van der Waals surface area contributed by atoms with Crippen molar-refractivity contribution in [2.75, 3.05) is 45.2 Å². The number of hydrogen-bond donors (Lipinski definition) is 0. The van der Waals surface area contributed by atoms with Crippen molar-refractivity contribution in [1.29, 1.82) is 0 Å². The van der Waals surface area contributed by atoms with Gasteiger partial charge in [-0.05, 0) is 19.4 Å². The highest BCUT2D eigenvalue weighted by Gasteiger charge is 2.29. The highest BCUT2D eigenvalue weighted by molar-refractivity contribution is 7.86. The van der Waals surface area contributed by atoms with Gasteiger partial charge in [0, 0.05) is 52.9 Å². The molecular weight excluding hydrogens is 370 g/mol. The van der Waals surface area contributed by atoms with Gasteiger partial charge < -0.3 is 9.64 Å². The average molecular weight is 400 g/mol. The molecule has 0 aromatic carbocycles. The first-order chi connectivity index (χ1) is 12.8. The summed E-state index contributed by atoms with van der Waals surface area (Å²) in [6.07, 6.45) is 3.24. The number of nitrogens with zero attached hydrogens (tertiary/aromatic N) is 5. The molecule has 0 radical (unpaired) electrons. The molecule has 1 aliphatic rings. The van der Waals surface area contributed by atoms with E-state index in [4.69, 9.17) is 4.74 Å².